The molecule has 0 aliphatic carbocycles. The van der Waals surface area contributed by atoms with Crippen LogP contribution in [0.2, 0.25) is 0 Å². The summed E-state index contributed by atoms with van der Waals surface area (Å²) in [7, 11) is 0.410. The second kappa shape index (κ2) is 6.02. The van der Waals surface area contributed by atoms with E-state index in [-0.39, 0.29) is 22.9 Å². The molecule has 0 radical (unpaired) electrons. The lowest BCUT2D eigenvalue weighted by molar-refractivity contribution is -0.128. The highest BCUT2D eigenvalue weighted by atomic mass is 32.2. The quantitative estimate of drug-likeness (QED) is 0.831. The van der Waals surface area contributed by atoms with Crippen molar-refractivity contribution in [1.29, 1.82) is 0 Å². The van der Waals surface area contributed by atoms with Crippen molar-refractivity contribution < 1.29 is 23.1 Å². The number of carbonyl (C=O) groups excluding carboxylic acids is 1. The van der Waals surface area contributed by atoms with Gasteiger partial charge in [0.25, 0.3) is 0 Å². The first-order chi connectivity index (χ1) is 9.16. The van der Waals surface area contributed by atoms with E-state index in [0.29, 0.717) is 0 Å². The Morgan fingerprint density at radius 1 is 1.20 bits per heavy atom. The molecule has 0 aromatic heterocycles. The SMILES string of the molecule is CN(C)C(=O)CN(C)S(=O)(=O)c1cccc(C(=O)O)c1. The van der Waals surface area contributed by atoms with Gasteiger partial charge in [-0.15, -0.1) is 0 Å². The predicted molar refractivity (Wildman–Crippen MR) is 71.9 cm³/mol. The molecule has 0 fully saturated rings. The Bertz CT molecular complexity index is 624. The van der Waals surface area contributed by atoms with Crippen LogP contribution in [0.3, 0.4) is 0 Å². The molecule has 0 aliphatic heterocycles. The molecule has 7 nitrogen and oxygen atoms in total. The Labute approximate surface area is 117 Å². The van der Waals surface area contributed by atoms with Gasteiger partial charge in [0.05, 0.1) is 17.0 Å². The molecule has 0 heterocycles. The number of sulfonamides is 1. The summed E-state index contributed by atoms with van der Waals surface area (Å²) >= 11 is 0. The molecule has 0 aliphatic rings. The van der Waals surface area contributed by atoms with Gasteiger partial charge < -0.3 is 10.0 Å². The highest BCUT2D eigenvalue weighted by Crippen LogP contribution is 2.16. The van der Waals surface area contributed by atoms with Crippen molar-refractivity contribution in [3.63, 3.8) is 0 Å². The summed E-state index contributed by atoms with van der Waals surface area (Å²) in [5, 5.41) is 8.86. The number of hydrogen-bond donors (Lipinski definition) is 1. The van der Waals surface area contributed by atoms with Crippen LogP contribution in [0.4, 0.5) is 0 Å². The van der Waals surface area contributed by atoms with E-state index in [4.69, 9.17) is 5.11 Å². The van der Waals surface area contributed by atoms with Gasteiger partial charge in [-0.25, -0.2) is 13.2 Å². The van der Waals surface area contributed by atoms with Gasteiger partial charge in [-0.1, -0.05) is 6.07 Å². The van der Waals surface area contributed by atoms with E-state index < -0.39 is 16.0 Å². The Hall–Kier alpha value is -1.93. The summed E-state index contributed by atoms with van der Waals surface area (Å²) in [6.45, 7) is -0.313. The highest BCUT2D eigenvalue weighted by molar-refractivity contribution is 7.89. The fraction of sp³-hybridized carbons (Fsp3) is 0.333. The van der Waals surface area contributed by atoms with Crippen LogP contribution in [-0.4, -0.2) is 62.3 Å². The van der Waals surface area contributed by atoms with Crippen molar-refractivity contribution in [2.24, 2.45) is 0 Å². The van der Waals surface area contributed by atoms with E-state index in [1.54, 1.807) is 0 Å². The van der Waals surface area contributed by atoms with Gasteiger partial charge >= 0.3 is 5.97 Å². The van der Waals surface area contributed by atoms with Gasteiger partial charge in [0.15, 0.2) is 0 Å². The van der Waals surface area contributed by atoms with E-state index in [0.717, 1.165) is 10.4 Å². The normalized spacial score (nSPS) is 11.4. The van der Waals surface area contributed by atoms with Crippen LogP contribution in [0.15, 0.2) is 29.2 Å². The standard InChI is InChI=1S/C12H16N2O5S/c1-13(2)11(15)8-14(3)20(18,19)10-6-4-5-9(7-10)12(16)17/h4-7H,8H2,1-3H3,(H,16,17). The maximum absolute atomic E-state index is 12.2. The molecule has 1 rings (SSSR count). The molecule has 0 unspecified atom stereocenters. The Balaban J connectivity index is 3.07. The molecule has 1 amide bonds. The Morgan fingerprint density at radius 2 is 1.80 bits per heavy atom. The number of hydrogen-bond acceptors (Lipinski definition) is 4. The molecule has 1 N–H and O–H groups in total. The van der Waals surface area contributed by atoms with Crippen LogP contribution in [0, 0.1) is 0 Å². The number of rotatable bonds is 5. The third-order valence-electron chi connectivity index (χ3n) is 2.65. The van der Waals surface area contributed by atoms with Crippen molar-refractivity contribution in [3.05, 3.63) is 29.8 Å². The number of carboxylic acid groups (broad SMARTS) is 1. The van der Waals surface area contributed by atoms with Crippen LogP contribution >= 0.6 is 0 Å². The summed E-state index contributed by atoms with van der Waals surface area (Å²) in [5.41, 5.74) is -0.126. The molecule has 0 saturated heterocycles. The zero-order valence-electron chi connectivity index (χ0n) is 11.4. The Kier molecular flexibility index (Phi) is 4.85. The minimum absolute atomic E-state index is 0.126. The van der Waals surface area contributed by atoms with Crippen molar-refractivity contribution in [2.75, 3.05) is 27.7 Å². The van der Waals surface area contributed by atoms with Gasteiger partial charge in [-0.2, -0.15) is 4.31 Å². The number of amides is 1. The van der Waals surface area contributed by atoms with Gasteiger partial charge in [0.1, 0.15) is 0 Å². The van der Waals surface area contributed by atoms with Gasteiger partial charge in [0, 0.05) is 21.1 Å². The lowest BCUT2D eigenvalue weighted by Gasteiger charge is -2.19. The second-order valence-corrected chi connectivity index (χ2v) is 6.43. The van der Waals surface area contributed by atoms with Gasteiger partial charge in [-0.05, 0) is 18.2 Å². The lowest BCUT2D eigenvalue weighted by atomic mass is 10.2. The molecule has 110 valence electrons. The molecule has 20 heavy (non-hydrogen) atoms. The summed E-state index contributed by atoms with van der Waals surface area (Å²) in [4.78, 5) is 23.5. The van der Waals surface area contributed by atoms with Crippen LogP contribution in [0.25, 0.3) is 0 Å². The summed E-state index contributed by atoms with van der Waals surface area (Å²) in [5.74, 6) is -1.58. The van der Waals surface area contributed by atoms with Crippen LogP contribution in [0.5, 0.6) is 0 Å². The van der Waals surface area contributed by atoms with E-state index in [2.05, 4.69) is 0 Å². The average molecular weight is 300 g/mol. The van der Waals surface area contributed by atoms with Crippen molar-refractivity contribution in [3.8, 4) is 0 Å². The Morgan fingerprint density at radius 3 is 2.30 bits per heavy atom. The zero-order chi connectivity index (χ0) is 15.5. The summed E-state index contributed by atoms with van der Waals surface area (Å²) in [6.07, 6.45) is 0. The maximum atomic E-state index is 12.2. The second-order valence-electron chi connectivity index (χ2n) is 4.38. The monoisotopic (exact) mass is 300 g/mol. The largest absolute Gasteiger partial charge is 0.478 e. The van der Waals surface area contributed by atoms with Crippen LogP contribution in [0.1, 0.15) is 10.4 Å². The number of aromatic carboxylic acids is 1. The molecule has 0 atom stereocenters. The van der Waals surface area contributed by atoms with Gasteiger partial charge in [-0.3, -0.25) is 4.79 Å². The number of nitrogens with zero attached hydrogens (tertiary/aromatic N) is 2. The van der Waals surface area contributed by atoms with Crippen molar-refractivity contribution in [1.82, 2.24) is 9.21 Å². The minimum atomic E-state index is -3.90. The molecule has 0 bridgehead atoms. The van der Waals surface area contributed by atoms with E-state index in [1.807, 2.05) is 0 Å². The predicted octanol–water partition coefficient (Wildman–Crippen LogP) is 0.0935. The topological polar surface area (TPSA) is 95.0 Å². The molecule has 0 spiro atoms. The van der Waals surface area contributed by atoms with Gasteiger partial charge in [0.2, 0.25) is 15.9 Å². The molecule has 1 aromatic rings. The number of carboxylic acids is 1. The highest BCUT2D eigenvalue weighted by Gasteiger charge is 2.24. The lowest BCUT2D eigenvalue weighted by Crippen LogP contribution is -2.37. The zero-order valence-corrected chi connectivity index (χ0v) is 12.2. The van der Waals surface area contributed by atoms with Crippen LogP contribution < -0.4 is 0 Å². The fourth-order valence-electron chi connectivity index (χ4n) is 1.39. The smallest absolute Gasteiger partial charge is 0.335 e. The third kappa shape index (κ3) is 3.55. The molecule has 1 aromatic carbocycles. The van der Waals surface area contributed by atoms with E-state index in [1.165, 1.54) is 44.2 Å². The first kappa shape index (κ1) is 16.1. The first-order valence-electron chi connectivity index (χ1n) is 5.66. The number of carbonyl (C=O) groups is 2. The van der Waals surface area contributed by atoms with Crippen molar-refractivity contribution >= 4 is 21.9 Å². The average Bonchev–Trinajstić information content (AvgIpc) is 2.38. The summed E-state index contributed by atoms with van der Waals surface area (Å²) in [6, 6.07) is 5.00. The molecular formula is C12H16N2O5S. The maximum Gasteiger partial charge on any atom is 0.335 e. The van der Waals surface area contributed by atoms with E-state index >= 15 is 0 Å². The van der Waals surface area contributed by atoms with Crippen LogP contribution in [-0.2, 0) is 14.8 Å². The molecule has 0 saturated carbocycles. The number of likely N-dealkylation sites (N-methyl/N-ethyl adjacent to an activating group) is 2. The fourth-order valence-corrected chi connectivity index (χ4v) is 2.55. The first-order valence-corrected chi connectivity index (χ1v) is 7.10. The molecule has 8 heteroatoms. The van der Waals surface area contributed by atoms with E-state index in [9.17, 15) is 18.0 Å². The minimum Gasteiger partial charge on any atom is -0.478 e. The molecular weight excluding hydrogens is 284 g/mol. The third-order valence-corrected chi connectivity index (χ3v) is 4.45. The summed E-state index contributed by atoms with van der Waals surface area (Å²) < 4.78 is 25.3. The number of benzene rings is 1. The van der Waals surface area contributed by atoms with Crippen molar-refractivity contribution in [2.45, 2.75) is 4.90 Å².